The molecular weight excluding hydrogens is 808 g/mol. The molecule has 0 fully saturated rings. The quantitative estimate of drug-likeness (QED) is 0.0724. The molecule has 5 aromatic rings. The van der Waals surface area contributed by atoms with Crippen molar-refractivity contribution in [2.75, 3.05) is 6.54 Å². The summed E-state index contributed by atoms with van der Waals surface area (Å²) >= 11 is 0. The molecule has 0 radical (unpaired) electrons. The van der Waals surface area contributed by atoms with Crippen LogP contribution >= 0.6 is 10.3 Å². The smallest absolute Gasteiger partial charge is 0.491 e. The van der Waals surface area contributed by atoms with Gasteiger partial charge in [-0.05, 0) is 83.5 Å². The Morgan fingerprint density at radius 2 is 1.35 bits per heavy atom. The molecule has 19 heteroatoms. The lowest BCUT2D eigenvalue weighted by atomic mass is 10.0. The first kappa shape index (κ1) is 44.0. The van der Waals surface area contributed by atoms with Crippen LogP contribution in [0.4, 0.5) is 13.2 Å². The summed E-state index contributed by atoms with van der Waals surface area (Å²) in [6.07, 6.45) is -2.55. The number of nitrogens with zero attached hydrogens (tertiary/aromatic N) is 1. The summed E-state index contributed by atoms with van der Waals surface area (Å²) < 4.78 is 46.5. The molecule has 3 atom stereocenters. The van der Waals surface area contributed by atoms with Crippen molar-refractivity contribution in [2.45, 2.75) is 58.8 Å². The van der Waals surface area contributed by atoms with Crippen molar-refractivity contribution in [1.82, 2.24) is 31.2 Å². The van der Waals surface area contributed by atoms with Gasteiger partial charge in [0.1, 0.15) is 23.9 Å². The first-order valence-electron chi connectivity index (χ1n) is 18.1. The number of benzene rings is 4. The summed E-state index contributed by atoms with van der Waals surface area (Å²) in [4.78, 5) is 84.8. The number of phenols is 1. The van der Waals surface area contributed by atoms with Crippen molar-refractivity contribution >= 4 is 45.8 Å². The Hall–Kier alpha value is -7.15. The van der Waals surface area contributed by atoms with E-state index in [9.17, 15) is 47.0 Å². The monoisotopic (exact) mass is 847 g/mol. The Bertz CT molecular complexity index is 2240. The van der Waals surface area contributed by atoms with Crippen LogP contribution in [-0.2, 0) is 41.0 Å². The Balaban J connectivity index is 1.29. The summed E-state index contributed by atoms with van der Waals surface area (Å²) in [6, 6.07) is 23.4. The van der Waals surface area contributed by atoms with E-state index in [2.05, 4.69) is 31.2 Å². The molecule has 0 bridgehead atoms. The predicted molar refractivity (Wildman–Crippen MR) is 211 cm³/mol. The number of aromatic nitrogens is 2. The lowest BCUT2D eigenvalue weighted by Crippen LogP contribution is -2.56. The van der Waals surface area contributed by atoms with E-state index < -0.39 is 76.7 Å². The molecule has 0 aliphatic carbocycles. The van der Waals surface area contributed by atoms with E-state index in [0.29, 0.717) is 11.3 Å². The van der Waals surface area contributed by atoms with Crippen molar-refractivity contribution in [3.63, 3.8) is 0 Å². The van der Waals surface area contributed by atoms with Gasteiger partial charge in [-0.3, -0.25) is 24.0 Å². The first-order chi connectivity index (χ1) is 28.6. The van der Waals surface area contributed by atoms with E-state index in [1.54, 1.807) is 60.7 Å². The van der Waals surface area contributed by atoms with Gasteiger partial charge in [0.2, 0.25) is 23.6 Å². The number of alkyl halides is 3. The molecule has 15 nitrogen and oxygen atoms in total. The number of phenolic OH excluding ortho intramolecular Hbond substituents is 1. The number of nitrogens with one attached hydrogen (secondary N) is 5. The number of carbonyl (C=O) groups is 6. The van der Waals surface area contributed by atoms with Crippen LogP contribution in [0.25, 0.3) is 0 Å². The average molecular weight is 848 g/mol. The van der Waals surface area contributed by atoms with Crippen LogP contribution in [0, 0.1) is 0 Å². The summed E-state index contributed by atoms with van der Waals surface area (Å²) in [6.45, 7) is 0.730. The number of H-pyrrole nitrogens is 1. The molecule has 8 N–H and O–H groups in total. The van der Waals surface area contributed by atoms with Crippen LogP contribution in [0.1, 0.15) is 28.5 Å². The van der Waals surface area contributed by atoms with Gasteiger partial charge in [-0.1, -0.05) is 48.5 Å². The number of amides is 5. The Kier molecular flexibility index (Phi) is 14.3. The van der Waals surface area contributed by atoms with Gasteiger partial charge >= 0.3 is 12.1 Å². The number of aromatic hydroxyl groups is 1. The summed E-state index contributed by atoms with van der Waals surface area (Å²) in [7, 11) is -3.33. The van der Waals surface area contributed by atoms with E-state index in [1.807, 2.05) is 0 Å². The largest absolute Gasteiger partial charge is 0.508 e. The molecule has 60 heavy (non-hydrogen) atoms. The van der Waals surface area contributed by atoms with Crippen molar-refractivity contribution in [2.24, 2.45) is 5.73 Å². The molecule has 5 rings (SSSR count). The summed E-state index contributed by atoms with van der Waals surface area (Å²) in [5.41, 5.74) is 6.52. The summed E-state index contributed by atoms with van der Waals surface area (Å²) in [5, 5.41) is 19.7. The maximum absolute atomic E-state index is 13.7. The standard InChI is InChI=1S/C41H40F3N7O8S/c1-25(37(55)51-33(36(45)54)21-28-22-46-24-48-28)49-39(57)34(20-26-12-16-29(52)17-13-26)50-35(53)23-47-38(56)27-14-18-32(19-15-27)60(30-8-4-2-5-9-30,31-10-6-3-7-11-31)59-40(58)41(42,43)44/h2-19,22,24-25,33-34,52H,20-21,23H2,1H3,(H2,45,54)(H,46,48)(H,47,56)(H,49,57)(H,50,53)(H,51,55)/t25-,33-,34-/m0/s1. The van der Waals surface area contributed by atoms with Gasteiger partial charge < -0.3 is 41.3 Å². The zero-order valence-electron chi connectivity index (χ0n) is 31.8. The molecule has 0 aliphatic heterocycles. The third-order valence-corrected chi connectivity index (χ3v) is 12.1. The average Bonchev–Trinajstić information content (AvgIpc) is 3.75. The van der Waals surface area contributed by atoms with E-state index in [1.165, 1.54) is 68.0 Å². The van der Waals surface area contributed by atoms with Gasteiger partial charge in [-0.25, -0.2) is 9.78 Å². The highest BCUT2D eigenvalue weighted by Gasteiger charge is 2.47. The number of carbonyl (C=O) groups excluding carboxylic acids is 6. The molecule has 0 saturated heterocycles. The Morgan fingerprint density at radius 3 is 1.88 bits per heavy atom. The number of hydrogen-bond donors (Lipinski definition) is 7. The number of halogens is 3. The third-order valence-electron chi connectivity index (χ3n) is 8.86. The van der Waals surface area contributed by atoms with Gasteiger partial charge in [0, 0.05) is 45.0 Å². The van der Waals surface area contributed by atoms with Gasteiger partial charge in [-0.15, -0.1) is 0 Å². The SMILES string of the molecule is C[C@H](NC(=O)[C@H](Cc1ccc(O)cc1)NC(=O)CNC(=O)c1ccc(S(OC(=O)C(F)(F)F)(c2ccccc2)c2ccccc2)cc1)C(=O)N[C@@H](Cc1cnc[nH]1)C(N)=O. The summed E-state index contributed by atoms with van der Waals surface area (Å²) in [5.74, 6) is -6.37. The molecule has 0 saturated carbocycles. The van der Waals surface area contributed by atoms with E-state index in [4.69, 9.17) is 9.92 Å². The molecule has 1 aromatic heterocycles. The zero-order chi connectivity index (χ0) is 43.5. The number of nitrogens with two attached hydrogens (primary N) is 1. The number of rotatable bonds is 17. The topological polar surface area (TPSA) is 235 Å². The van der Waals surface area contributed by atoms with E-state index >= 15 is 0 Å². The first-order valence-corrected chi connectivity index (χ1v) is 19.7. The molecule has 1 heterocycles. The fourth-order valence-electron chi connectivity index (χ4n) is 5.84. The highest BCUT2D eigenvalue weighted by atomic mass is 32.3. The van der Waals surface area contributed by atoms with Crippen LogP contribution < -0.4 is 27.0 Å². The minimum Gasteiger partial charge on any atom is -0.508 e. The molecule has 5 amide bonds. The third kappa shape index (κ3) is 11.3. The number of hydrogen-bond acceptors (Lipinski definition) is 9. The van der Waals surface area contributed by atoms with E-state index in [-0.39, 0.29) is 38.8 Å². The minimum atomic E-state index is -5.31. The fourth-order valence-corrected chi connectivity index (χ4v) is 8.86. The highest BCUT2D eigenvalue weighted by Crippen LogP contribution is 2.69. The molecule has 4 aromatic carbocycles. The van der Waals surface area contributed by atoms with Crippen LogP contribution in [-0.4, -0.2) is 81.4 Å². The number of primary amides is 1. The van der Waals surface area contributed by atoms with Crippen LogP contribution in [0.15, 0.2) is 136 Å². The van der Waals surface area contributed by atoms with Crippen LogP contribution in [0.2, 0.25) is 0 Å². The number of imidazole rings is 1. The molecule has 0 spiro atoms. The lowest BCUT2D eigenvalue weighted by Gasteiger charge is -2.39. The van der Waals surface area contributed by atoms with Crippen molar-refractivity contribution in [3.05, 3.63) is 139 Å². The normalized spacial score (nSPS) is 13.1. The second-order valence-electron chi connectivity index (χ2n) is 13.2. The Labute approximate surface area is 342 Å². The minimum absolute atomic E-state index is 0.00291. The van der Waals surface area contributed by atoms with Crippen molar-refractivity contribution in [3.8, 4) is 5.75 Å². The molecular formula is C41H40F3N7O8S. The van der Waals surface area contributed by atoms with Crippen LogP contribution in [0.5, 0.6) is 5.75 Å². The maximum atomic E-state index is 13.7. The van der Waals surface area contributed by atoms with Crippen LogP contribution in [0.3, 0.4) is 0 Å². The van der Waals surface area contributed by atoms with Gasteiger partial charge in [0.05, 0.1) is 12.9 Å². The van der Waals surface area contributed by atoms with Gasteiger partial charge in [0.25, 0.3) is 5.91 Å². The molecule has 0 unspecified atom stereocenters. The van der Waals surface area contributed by atoms with E-state index in [0.717, 1.165) is 0 Å². The Morgan fingerprint density at radius 1 is 0.767 bits per heavy atom. The lowest BCUT2D eigenvalue weighted by molar-refractivity contribution is -0.188. The molecule has 314 valence electrons. The maximum Gasteiger partial charge on any atom is 0.491 e. The molecule has 0 aliphatic rings. The van der Waals surface area contributed by atoms with Gasteiger partial charge in [-0.2, -0.15) is 13.2 Å². The number of aromatic amines is 1. The fraction of sp³-hybridized carbons (Fsp3) is 0.195. The van der Waals surface area contributed by atoms with Gasteiger partial charge in [0.15, 0.2) is 0 Å². The zero-order valence-corrected chi connectivity index (χ0v) is 32.6. The highest BCUT2D eigenvalue weighted by molar-refractivity contribution is 8.30. The van der Waals surface area contributed by atoms with Crippen molar-refractivity contribution in [1.29, 1.82) is 0 Å². The second kappa shape index (κ2) is 19.5. The predicted octanol–water partition coefficient (Wildman–Crippen LogP) is 3.59. The second-order valence-corrected chi connectivity index (χ2v) is 15.9. The van der Waals surface area contributed by atoms with Crippen molar-refractivity contribution < 1.29 is 51.2 Å².